The Kier molecular flexibility index (Phi) is 4.45. The summed E-state index contributed by atoms with van der Waals surface area (Å²) in [6.45, 7) is 6.25. The van der Waals surface area contributed by atoms with Crippen molar-refractivity contribution in [2.45, 2.75) is 33.6 Å². The number of hydrogen-bond donors (Lipinski definition) is 0. The van der Waals surface area contributed by atoms with E-state index < -0.39 is 0 Å². The lowest BCUT2D eigenvalue weighted by atomic mass is 10.1. The molecule has 0 fully saturated rings. The van der Waals surface area contributed by atoms with Crippen molar-refractivity contribution < 1.29 is 0 Å². The van der Waals surface area contributed by atoms with Crippen molar-refractivity contribution in [3.63, 3.8) is 0 Å². The third kappa shape index (κ3) is 3.74. The molecule has 0 bridgehead atoms. The third-order valence-corrected chi connectivity index (χ3v) is 1.11. The molecule has 0 unspecified atom stereocenters. The van der Waals surface area contributed by atoms with Crippen molar-refractivity contribution in [1.82, 2.24) is 0 Å². The summed E-state index contributed by atoms with van der Waals surface area (Å²) in [7, 11) is 0. The van der Waals surface area contributed by atoms with Gasteiger partial charge in [0, 0.05) is 5.92 Å². The van der Waals surface area contributed by atoms with Crippen LogP contribution in [0.3, 0.4) is 0 Å². The fourth-order valence-electron chi connectivity index (χ4n) is 0.752. The van der Waals surface area contributed by atoms with Crippen molar-refractivity contribution in [1.29, 1.82) is 0 Å². The highest BCUT2D eigenvalue weighted by Gasteiger charge is 1.90. The Morgan fingerprint density at radius 3 is 2.50 bits per heavy atom. The normalized spacial score (nSPS) is 11.9. The van der Waals surface area contributed by atoms with Crippen molar-refractivity contribution in [2.75, 3.05) is 0 Å². The molecule has 0 heterocycles. The topological polar surface area (TPSA) is 0 Å². The summed E-state index contributed by atoms with van der Waals surface area (Å²) in [4.78, 5) is 0. The van der Waals surface area contributed by atoms with E-state index in [0.29, 0.717) is 5.92 Å². The molecule has 0 aliphatic carbocycles. The van der Waals surface area contributed by atoms with Gasteiger partial charge < -0.3 is 0 Å². The molecule has 0 aliphatic rings. The molecular formula is C8H14. The molecule has 0 aromatic rings. The Hall–Kier alpha value is -0.440. The fraction of sp³-hybridized carbons (Fsp3) is 0.750. The van der Waals surface area contributed by atoms with Gasteiger partial charge in [-0.15, -0.1) is 11.8 Å². The summed E-state index contributed by atoms with van der Waals surface area (Å²) < 4.78 is 0. The quantitative estimate of drug-likeness (QED) is 0.479. The minimum absolute atomic E-state index is 0.602. The van der Waals surface area contributed by atoms with Crippen LogP contribution in [-0.2, 0) is 0 Å². The zero-order valence-corrected chi connectivity index (χ0v) is 5.99. The molecule has 8 heavy (non-hydrogen) atoms. The van der Waals surface area contributed by atoms with Gasteiger partial charge in [-0.1, -0.05) is 20.3 Å². The first kappa shape index (κ1) is 7.56. The van der Waals surface area contributed by atoms with E-state index in [1.807, 2.05) is 6.92 Å². The summed E-state index contributed by atoms with van der Waals surface area (Å²) >= 11 is 0. The standard InChI is InChI=1S/C8H14/c1-4-6-8(3)7-5-2/h8H,4,6H2,1-3H3/t8-/m0/s1. The summed E-state index contributed by atoms with van der Waals surface area (Å²) in [6, 6.07) is 0. The molecule has 1 atom stereocenters. The summed E-state index contributed by atoms with van der Waals surface area (Å²) in [5.41, 5.74) is 0. The molecule has 46 valence electrons. The minimum Gasteiger partial charge on any atom is -0.106 e. The van der Waals surface area contributed by atoms with Crippen LogP contribution in [0.2, 0.25) is 0 Å². The predicted octanol–water partition coefficient (Wildman–Crippen LogP) is 2.45. The Labute approximate surface area is 52.3 Å². The van der Waals surface area contributed by atoms with Crippen LogP contribution in [0.15, 0.2) is 0 Å². The molecule has 0 N–H and O–H groups in total. The molecule has 0 saturated heterocycles. The molecule has 0 aliphatic heterocycles. The second-order valence-corrected chi connectivity index (χ2v) is 2.08. The molecular weight excluding hydrogens is 96.1 g/mol. The van der Waals surface area contributed by atoms with Gasteiger partial charge in [0.1, 0.15) is 0 Å². The van der Waals surface area contributed by atoms with Crippen LogP contribution < -0.4 is 0 Å². The van der Waals surface area contributed by atoms with E-state index in [1.165, 1.54) is 12.8 Å². The smallest absolute Gasteiger partial charge is 0.0174 e. The average molecular weight is 110 g/mol. The van der Waals surface area contributed by atoms with E-state index in [9.17, 15) is 0 Å². The molecule has 0 nitrogen and oxygen atoms in total. The first-order chi connectivity index (χ1) is 3.81. The third-order valence-electron chi connectivity index (χ3n) is 1.11. The van der Waals surface area contributed by atoms with Gasteiger partial charge in [-0.25, -0.2) is 0 Å². The van der Waals surface area contributed by atoms with Crippen LogP contribution in [0, 0.1) is 17.8 Å². The summed E-state index contributed by atoms with van der Waals surface area (Å²) in [5.74, 6) is 6.60. The molecule has 0 amide bonds. The highest BCUT2D eigenvalue weighted by molar-refractivity contribution is 4.98. The van der Waals surface area contributed by atoms with E-state index in [-0.39, 0.29) is 0 Å². The molecule has 0 aromatic heterocycles. The van der Waals surface area contributed by atoms with Gasteiger partial charge in [0.25, 0.3) is 0 Å². The summed E-state index contributed by atoms with van der Waals surface area (Å²) in [5, 5.41) is 0. The zero-order chi connectivity index (χ0) is 6.41. The SMILES string of the molecule is CC#C[C@@H](C)CCC. The van der Waals surface area contributed by atoms with Gasteiger partial charge in [-0.05, 0) is 13.3 Å². The Morgan fingerprint density at radius 1 is 1.50 bits per heavy atom. The summed E-state index contributed by atoms with van der Waals surface area (Å²) in [6.07, 6.45) is 2.48. The van der Waals surface area contributed by atoms with Crippen molar-refractivity contribution in [3.05, 3.63) is 0 Å². The fourth-order valence-corrected chi connectivity index (χ4v) is 0.752. The van der Waals surface area contributed by atoms with Crippen LogP contribution >= 0.6 is 0 Å². The van der Waals surface area contributed by atoms with Gasteiger partial charge in [0.15, 0.2) is 0 Å². The van der Waals surface area contributed by atoms with Crippen LogP contribution in [-0.4, -0.2) is 0 Å². The van der Waals surface area contributed by atoms with E-state index >= 15 is 0 Å². The number of hydrogen-bond acceptors (Lipinski definition) is 0. The molecule has 0 radical (unpaired) electrons. The first-order valence-corrected chi connectivity index (χ1v) is 3.23. The van der Waals surface area contributed by atoms with Gasteiger partial charge in [0.2, 0.25) is 0 Å². The van der Waals surface area contributed by atoms with Crippen molar-refractivity contribution in [3.8, 4) is 11.8 Å². The maximum Gasteiger partial charge on any atom is 0.0174 e. The number of rotatable bonds is 2. The Morgan fingerprint density at radius 2 is 2.12 bits per heavy atom. The Balaban J connectivity index is 3.27. The maximum atomic E-state index is 3.10. The second kappa shape index (κ2) is 4.71. The predicted molar refractivity (Wildman–Crippen MR) is 37.5 cm³/mol. The Bertz CT molecular complexity index is 92.3. The first-order valence-electron chi connectivity index (χ1n) is 3.23. The minimum atomic E-state index is 0.602. The molecule has 0 heteroatoms. The van der Waals surface area contributed by atoms with Crippen LogP contribution in [0.5, 0.6) is 0 Å². The van der Waals surface area contributed by atoms with Gasteiger partial charge in [0.05, 0.1) is 0 Å². The van der Waals surface area contributed by atoms with Gasteiger partial charge in [-0.2, -0.15) is 0 Å². The maximum absolute atomic E-state index is 3.10. The molecule has 0 aromatic carbocycles. The largest absolute Gasteiger partial charge is 0.106 e. The molecule has 0 spiro atoms. The lowest BCUT2D eigenvalue weighted by Crippen LogP contribution is -1.86. The van der Waals surface area contributed by atoms with Crippen LogP contribution in [0.25, 0.3) is 0 Å². The van der Waals surface area contributed by atoms with E-state index in [0.717, 1.165) is 0 Å². The van der Waals surface area contributed by atoms with Crippen molar-refractivity contribution >= 4 is 0 Å². The lowest BCUT2D eigenvalue weighted by molar-refractivity contribution is 0.653. The second-order valence-electron chi connectivity index (χ2n) is 2.08. The van der Waals surface area contributed by atoms with E-state index in [4.69, 9.17) is 0 Å². The van der Waals surface area contributed by atoms with Crippen molar-refractivity contribution in [2.24, 2.45) is 5.92 Å². The monoisotopic (exact) mass is 110 g/mol. The molecule has 0 saturated carbocycles. The highest BCUT2D eigenvalue weighted by atomic mass is 13.9. The van der Waals surface area contributed by atoms with Crippen LogP contribution in [0.4, 0.5) is 0 Å². The van der Waals surface area contributed by atoms with Gasteiger partial charge in [-0.3, -0.25) is 0 Å². The highest BCUT2D eigenvalue weighted by Crippen LogP contribution is 2.01. The molecule has 0 rings (SSSR count). The van der Waals surface area contributed by atoms with Gasteiger partial charge >= 0.3 is 0 Å². The van der Waals surface area contributed by atoms with E-state index in [1.54, 1.807) is 0 Å². The average Bonchev–Trinajstić information content (AvgIpc) is 1.68. The van der Waals surface area contributed by atoms with E-state index in [2.05, 4.69) is 25.7 Å². The zero-order valence-electron chi connectivity index (χ0n) is 5.99. The van der Waals surface area contributed by atoms with Crippen LogP contribution in [0.1, 0.15) is 33.6 Å². The lowest BCUT2D eigenvalue weighted by Gasteiger charge is -1.96.